The third-order valence-corrected chi connectivity index (χ3v) is 10.3. The molecule has 27 heavy (non-hydrogen) atoms. The topological polar surface area (TPSA) is 0 Å². The summed E-state index contributed by atoms with van der Waals surface area (Å²) in [5.74, 6) is 0. The molecule has 0 saturated heterocycles. The standard InChI is InChI=1S/C24H27P2.Li/c1-19(2)25(20(3)4)23-17-11-12-18-24(23)26(21-13-7-5-8-14-21)22-15-9-6-10-16-22;/h5-10,12-20H,1-4H3;/q-1;+1. The van der Waals surface area contributed by atoms with E-state index in [0.29, 0.717) is 11.3 Å². The average molecular weight is 384 g/mol. The summed E-state index contributed by atoms with van der Waals surface area (Å²) in [6.45, 7) is 9.48. The maximum atomic E-state index is 3.38. The number of hydrogen-bond acceptors (Lipinski definition) is 0. The van der Waals surface area contributed by atoms with Gasteiger partial charge < -0.3 is 0 Å². The van der Waals surface area contributed by atoms with Crippen molar-refractivity contribution in [2.24, 2.45) is 0 Å². The van der Waals surface area contributed by atoms with Crippen molar-refractivity contribution < 1.29 is 18.9 Å². The molecule has 0 heterocycles. The van der Waals surface area contributed by atoms with Gasteiger partial charge in [0, 0.05) is 0 Å². The van der Waals surface area contributed by atoms with Gasteiger partial charge in [0.25, 0.3) is 0 Å². The number of rotatable bonds is 6. The Morgan fingerprint density at radius 2 is 1.15 bits per heavy atom. The largest absolute Gasteiger partial charge is 1.00 e. The molecule has 0 N–H and O–H groups in total. The minimum atomic E-state index is -0.553. The van der Waals surface area contributed by atoms with E-state index in [4.69, 9.17) is 0 Å². The van der Waals surface area contributed by atoms with E-state index in [1.807, 2.05) is 0 Å². The fourth-order valence-electron chi connectivity index (χ4n) is 3.54. The van der Waals surface area contributed by atoms with Crippen LogP contribution >= 0.6 is 15.8 Å². The van der Waals surface area contributed by atoms with Crippen LogP contribution in [-0.4, -0.2) is 11.3 Å². The quantitative estimate of drug-likeness (QED) is 0.347. The van der Waals surface area contributed by atoms with Crippen LogP contribution in [0.2, 0.25) is 0 Å². The van der Waals surface area contributed by atoms with Crippen molar-refractivity contribution in [2.75, 3.05) is 0 Å². The number of benzene rings is 3. The van der Waals surface area contributed by atoms with Gasteiger partial charge in [0.15, 0.2) is 0 Å². The fraction of sp³-hybridized carbons (Fsp3) is 0.250. The molecule has 0 amide bonds. The normalized spacial score (nSPS) is 11.3. The van der Waals surface area contributed by atoms with Gasteiger partial charge in [-0.3, -0.25) is 0 Å². The van der Waals surface area contributed by atoms with E-state index in [-0.39, 0.29) is 26.8 Å². The smallest absolute Gasteiger partial charge is 0.183 e. The molecule has 0 saturated carbocycles. The van der Waals surface area contributed by atoms with Gasteiger partial charge in [-0.1, -0.05) is 88.4 Å². The van der Waals surface area contributed by atoms with Gasteiger partial charge in [0.05, 0.1) is 0 Å². The minimum absolute atomic E-state index is 0. The molecule has 3 rings (SSSR count). The summed E-state index contributed by atoms with van der Waals surface area (Å²) in [6.07, 6.45) is 0. The maximum absolute atomic E-state index is 3.38. The average Bonchev–Trinajstić information content (AvgIpc) is 2.64. The molecule has 0 spiro atoms. The molecular weight excluding hydrogens is 357 g/mol. The molecule has 0 aliphatic carbocycles. The molecule has 0 fully saturated rings. The minimum Gasteiger partial charge on any atom is -0.183 e. The monoisotopic (exact) mass is 384 g/mol. The maximum Gasteiger partial charge on any atom is 1.00 e. The summed E-state index contributed by atoms with van der Waals surface area (Å²) in [4.78, 5) is 0. The Morgan fingerprint density at radius 3 is 1.59 bits per heavy atom. The van der Waals surface area contributed by atoms with E-state index in [1.54, 1.807) is 0 Å². The second kappa shape index (κ2) is 10.6. The van der Waals surface area contributed by atoms with Crippen LogP contribution in [0, 0.1) is 6.07 Å². The Morgan fingerprint density at radius 1 is 0.667 bits per heavy atom. The zero-order chi connectivity index (χ0) is 18.5. The Kier molecular flexibility index (Phi) is 8.80. The first-order valence-corrected chi connectivity index (χ1v) is 12.1. The molecule has 0 aliphatic heterocycles. The van der Waals surface area contributed by atoms with Crippen molar-refractivity contribution >= 4 is 37.1 Å². The molecule has 0 radical (unpaired) electrons. The Hall–Kier alpha value is -0.883. The van der Waals surface area contributed by atoms with Gasteiger partial charge in [-0.25, -0.2) is 0 Å². The van der Waals surface area contributed by atoms with Gasteiger partial charge in [-0.2, -0.15) is 24.3 Å². The Bertz CT molecular complexity index is 769. The van der Waals surface area contributed by atoms with Crippen molar-refractivity contribution in [2.45, 2.75) is 39.0 Å². The van der Waals surface area contributed by atoms with E-state index in [0.717, 1.165) is 0 Å². The van der Waals surface area contributed by atoms with Crippen molar-refractivity contribution in [1.29, 1.82) is 0 Å². The van der Waals surface area contributed by atoms with E-state index in [9.17, 15) is 0 Å². The second-order valence-corrected chi connectivity index (χ2v) is 12.6. The third-order valence-electron chi connectivity index (χ3n) is 4.48. The van der Waals surface area contributed by atoms with Crippen LogP contribution in [-0.2, 0) is 0 Å². The van der Waals surface area contributed by atoms with Crippen LogP contribution in [0.4, 0.5) is 0 Å². The third kappa shape index (κ3) is 5.34. The summed E-state index contributed by atoms with van der Waals surface area (Å²) < 4.78 is 0. The second-order valence-electron chi connectivity index (χ2n) is 7.02. The Balaban J connectivity index is 0.00000261. The molecule has 134 valence electrons. The van der Waals surface area contributed by atoms with Crippen molar-refractivity contribution in [1.82, 2.24) is 0 Å². The van der Waals surface area contributed by atoms with Gasteiger partial charge in [0.1, 0.15) is 0 Å². The molecule has 3 aromatic rings. The molecule has 0 atom stereocenters. The first-order valence-electron chi connectivity index (χ1n) is 9.28. The fourth-order valence-corrected chi connectivity index (χ4v) is 9.37. The van der Waals surface area contributed by atoms with Gasteiger partial charge >= 0.3 is 18.9 Å². The molecule has 0 nitrogen and oxygen atoms in total. The zero-order valence-electron chi connectivity index (χ0n) is 17.1. The SMILES string of the molecule is CC(C)P(c1c[c-]ccc1P(c1ccccc1)c1ccccc1)C(C)C.[Li+]. The summed E-state index contributed by atoms with van der Waals surface area (Å²) in [5, 5.41) is 5.88. The van der Waals surface area contributed by atoms with Crippen LogP contribution in [0.5, 0.6) is 0 Å². The predicted octanol–water partition coefficient (Wildman–Crippen LogP) is 2.17. The molecule has 3 aromatic carbocycles. The molecule has 3 heteroatoms. The number of hydrogen-bond donors (Lipinski definition) is 0. The van der Waals surface area contributed by atoms with Gasteiger partial charge in [-0.05, 0) is 29.8 Å². The van der Waals surface area contributed by atoms with Gasteiger partial charge in [0.2, 0.25) is 0 Å². The van der Waals surface area contributed by atoms with Crippen molar-refractivity contribution in [3.05, 3.63) is 84.9 Å². The van der Waals surface area contributed by atoms with Gasteiger partial charge in [-0.15, -0.1) is 18.5 Å². The van der Waals surface area contributed by atoms with E-state index < -0.39 is 7.92 Å². The first kappa shape index (κ1) is 22.4. The van der Waals surface area contributed by atoms with E-state index in [2.05, 4.69) is 113 Å². The molecule has 0 unspecified atom stereocenters. The summed E-state index contributed by atoms with van der Waals surface area (Å²) in [6, 6.07) is 32.1. The Labute approximate surface area is 179 Å². The van der Waals surface area contributed by atoms with E-state index in [1.165, 1.54) is 21.2 Å². The van der Waals surface area contributed by atoms with Crippen LogP contribution in [0.25, 0.3) is 0 Å². The van der Waals surface area contributed by atoms with Crippen LogP contribution < -0.4 is 40.1 Å². The van der Waals surface area contributed by atoms with Crippen molar-refractivity contribution in [3.63, 3.8) is 0 Å². The van der Waals surface area contributed by atoms with Crippen molar-refractivity contribution in [3.8, 4) is 0 Å². The van der Waals surface area contributed by atoms with E-state index >= 15 is 0 Å². The summed E-state index contributed by atoms with van der Waals surface area (Å²) >= 11 is 0. The zero-order valence-corrected chi connectivity index (χ0v) is 18.8. The van der Waals surface area contributed by atoms with Crippen LogP contribution in [0.3, 0.4) is 0 Å². The first-order chi connectivity index (χ1) is 12.6. The molecular formula is C24H27LiP2. The molecule has 0 aliphatic rings. The van der Waals surface area contributed by atoms with Crippen LogP contribution in [0.1, 0.15) is 27.7 Å². The predicted molar refractivity (Wildman–Crippen MR) is 121 cm³/mol. The molecule has 0 aromatic heterocycles. The summed E-state index contributed by atoms with van der Waals surface area (Å²) in [7, 11) is -0.775. The molecule has 0 bridgehead atoms. The van der Waals surface area contributed by atoms with Crippen LogP contribution in [0.15, 0.2) is 78.9 Å². The summed E-state index contributed by atoms with van der Waals surface area (Å²) in [5.41, 5.74) is 1.34.